The van der Waals surface area contributed by atoms with Crippen LogP contribution >= 0.6 is 22.7 Å². The monoisotopic (exact) mass is 1150 g/mol. The molecule has 9 aromatic rings. The number of carbonyl (C=O) groups excluding carboxylic acids is 2. The third-order valence-corrected chi connectivity index (χ3v) is 17.3. The zero-order valence-electron chi connectivity index (χ0n) is 43.3. The molecule has 0 fully saturated rings. The summed E-state index contributed by atoms with van der Waals surface area (Å²) in [5.41, 5.74) is 1.66. The second kappa shape index (κ2) is 24.9. The minimum Gasteiger partial charge on any atom is -0.497 e. The first-order chi connectivity index (χ1) is 38.0. The molecule has 2 amide bonds. The molecule has 410 valence electrons. The molecule has 79 heavy (non-hydrogen) atoms. The Morgan fingerprint density at radius 3 is 1.46 bits per heavy atom. The standard InChI is InChI=1S/C30H25FN2O7S2.C26H26N2O7S2/c1-37-19-10-12-20(13-11-19)40-28(22-6-4-5-7-27(22)42(35,36)21-14-8-18(31)9-15-21)29(34)33-30-32-23-16-24(38-2)25(39-3)17-26(23)41-30;1-5-37(30,31)19-8-6-7-16(13-19)24(35-18-11-9-17(32-2)10-12-18)25(29)28-26-27-20-14-21(33-3)22(34-4)15-23(20)36-26/h4-17,28H,1-3H3,(H,32,33,34);6-15,24H,5H2,1-4H3,(H,27,28,29). The van der Waals surface area contributed by atoms with Crippen LogP contribution in [0.5, 0.6) is 46.0 Å². The Hall–Kier alpha value is -8.51. The molecule has 18 nitrogen and oxygen atoms in total. The largest absolute Gasteiger partial charge is 0.497 e. The number of ether oxygens (including phenoxy) is 8. The van der Waals surface area contributed by atoms with Crippen molar-refractivity contribution >= 4 is 84.9 Å². The fourth-order valence-corrected chi connectivity index (χ4v) is 12.0. The average molecular weight is 1150 g/mol. The van der Waals surface area contributed by atoms with E-state index in [0.717, 1.165) is 21.5 Å². The predicted molar refractivity (Wildman–Crippen MR) is 298 cm³/mol. The van der Waals surface area contributed by atoms with Crippen molar-refractivity contribution in [1.82, 2.24) is 9.97 Å². The van der Waals surface area contributed by atoms with E-state index >= 15 is 0 Å². The number of carbonyl (C=O) groups is 2. The number of rotatable bonds is 20. The van der Waals surface area contributed by atoms with Crippen molar-refractivity contribution in [2.24, 2.45) is 0 Å². The molecule has 2 unspecified atom stereocenters. The Morgan fingerprint density at radius 1 is 0.519 bits per heavy atom. The van der Waals surface area contributed by atoms with Gasteiger partial charge in [-0.15, -0.1) is 0 Å². The van der Waals surface area contributed by atoms with E-state index in [0.29, 0.717) is 67.7 Å². The summed E-state index contributed by atoms with van der Waals surface area (Å²) in [6.45, 7) is 1.57. The minimum atomic E-state index is -4.16. The first kappa shape index (κ1) is 56.7. The SMILES string of the molecule is CCS(=O)(=O)c1cccc(C(Oc2ccc(OC)cc2)C(=O)Nc2nc3cc(OC)c(OC)cc3s2)c1.COc1ccc(OC(C(=O)Nc2nc3cc(OC)c(OC)cc3s2)c2ccccc2S(=O)(=O)c2ccc(F)cc2)cc1. The first-order valence-corrected chi connectivity index (χ1v) is 28.5. The number of sulfone groups is 2. The molecule has 2 atom stereocenters. The van der Waals surface area contributed by atoms with E-state index in [1.807, 2.05) is 0 Å². The molecule has 2 aromatic heterocycles. The average Bonchev–Trinajstić information content (AvgIpc) is 4.07. The molecule has 0 aliphatic carbocycles. The molecule has 2 N–H and O–H groups in total. The number of methoxy groups -OCH3 is 6. The van der Waals surface area contributed by atoms with E-state index in [1.165, 1.54) is 93.6 Å². The van der Waals surface area contributed by atoms with Crippen molar-refractivity contribution in [2.75, 3.05) is 59.0 Å². The van der Waals surface area contributed by atoms with Crippen LogP contribution in [0.4, 0.5) is 14.7 Å². The van der Waals surface area contributed by atoms with E-state index in [1.54, 1.807) is 112 Å². The molecule has 0 saturated carbocycles. The van der Waals surface area contributed by atoms with Crippen LogP contribution in [0, 0.1) is 5.82 Å². The Kier molecular flexibility index (Phi) is 17.8. The number of nitrogens with one attached hydrogen (secondary N) is 2. The van der Waals surface area contributed by atoms with Crippen LogP contribution in [0.3, 0.4) is 0 Å². The van der Waals surface area contributed by atoms with E-state index in [-0.39, 0.29) is 31.1 Å². The number of hydrogen-bond donors (Lipinski definition) is 2. The van der Waals surface area contributed by atoms with Crippen LogP contribution in [0.2, 0.25) is 0 Å². The molecule has 0 spiro atoms. The van der Waals surface area contributed by atoms with Gasteiger partial charge in [0.1, 0.15) is 28.8 Å². The highest BCUT2D eigenvalue weighted by molar-refractivity contribution is 7.91. The summed E-state index contributed by atoms with van der Waals surface area (Å²) in [4.78, 5) is 36.1. The molecule has 0 aliphatic heterocycles. The molecule has 0 bridgehead atoms. The molecule has 7 aromatic carbocycles. The normalized spacial score (nSPS) is 12.1. The van der Waals surface area contributed by atoms with Gasteiger partial charge in [0.25, 0.3) is 11.8 Å². The van der Waals surface area contributed by atoms with Gasteiger partial charge in [-0.2, -0.15) is 0 Å². The van der Waals surface area contributed by atoms with Crippen molar-refractivity contribution in [3.8, 4) is 46.0 Å². The van der Waals surface area contributed by atoms with Crippen molar-refractivity contribution in [1.29, 1.82) is 0 Å². The molecule has 0 aliphatic rings. The van der Waals surface area contributed by atoms with Gasteiger partial charge in [-0.25, -0.2) is 31.2 Å². The van der Waals surface area contributed by atoms with Crippen molar-refractivity contribution in [2.45, 2.75) is 33.8 Å². The summed E-state index contributed by atoms with van der Waals surface area (Å²) >= 11 is 2.46. The van der Waals surface area contributed by atoms with Gasteiger partial charge in [0, 0.05) is 35.4 Å². The molecule has 0 saturated heterocycles. The Labute approximate surface area is 462 Å². The number of thiazole rings is 2. The number of anilines is 2. The van der Waals surface area contributed by atoms with Gasteiger partial charge >= 0.3 is 0 Å². The van der Waals surface area contributed by atoms with Gasteiger partial charge in [0.2, 0.25) is 22.0 Å². The van der Waals surface area contributed by atoms with Crippen LogP contribution in [-0.4, -0.2) is 87.0 Å². The highest BCUT2D eigenvalue weighted by Gasteiger charge is 2.32. The number of benzene rings is 7. The Bertz CT molecular complexity index is 3780. The van der Waals surface area contributed by atoms with Gasteiger partial charge in [-0.1, -0.05) is 59.9 Å². The molecule has 2 heterocycles. The van der Waals surface area contributed by atoms with Gasteiger partial charge in [-0.3, -0.25) is 20.2 Å². The zero-order valence-corrected chi connectivity index (χ0v) is 46.6. The third kappa shape index (κ3) is 13.1. The van der Waals surface area contributed by atoms with E-state index in [9.17, 15) is 30.8 Å². The van der Waals surface area contributed by atoms with E-state index in [4.69, 9.17) is 37.9 Å². The quantitative estimate of drug-likeness (QED) is 0.0677. The lowest BCUT2D eigenvalue weighted by molar-refractivity contribution is -0.123. The van der Waals surface area contributed by atoms with Crippen LogP contribution in [-0.2, 0) is 29.3 Å². The van der Waals surface area contributed by atoms with Gasteiger partial charge in [0.05, 0.1) is 83.5 Å². The van der Waals surface area contributed by atoms with Gasteiger partial charge < -0.3 is 37.9 Å². The molecule has 9 rings (SSSR count). The topological polar surface area (TPSA) is 226 Å². The molecule has 0 radical (unpaired) electrons. The fraction of sp³-hybridized carbons (Fsp3) is 0.179. The van der Waals surface area contributed by atoms with Crippen LogP contribution in [0.1, 0.15) is 30.3 Å². The van der Waals surface area contributed by atoms with Crippen molar-refractivity contribution < 1.29 is 68.7 Å². The Balaban J connectivity index is 0.000000210. The summed E-state index contributed by atoms with van der Waals surface area (Å²) < 4.78 is 111. The number of amides is 2. The summed E-state index contributed by atoms with van der Waals surface area (Å²) in [5, 5.41) is 6.17. The number of halogens is 1. The second-order valence-corrected chi connectivity index (χ2v) is 22.9. The lowest BCUT2D eigenvalue weighted by atomic mass is 10.1. The number of nitrogens with zero attached hydrogens (tertiary/aromatic N) is 2. The van der Waals surface area contributed by atoms with E-state index in [2.05, 4.69) is 20.6 Å². The second-order valence-electron chi connectivity index (χ2n) is 16.7. The number of fused-ring (bicyclic) bond motifs is 2. The van der Waals surface area contributed by atoms with Gasteiger partial charge in [0.15, 0.2) is 43.1 Å². The maximum Gasteiger partial charge on any atom is 0.272 e. The lowest BCUT2D eigenvalue weighted by Crippen LogP contribution is -2.27. The molecular weight excluding hydrogens is 1100 g/mol. The maximum atomic E-state index is 13.8. The van der Waals surface area contributed by atoms with Crippen LogP contribution < -0.4 is 48.5 Å². The summed E-state index contributed by atoms with van der Waals surface area (Å²) in [5.74, 6) is 2.14. The highest BCUT2D eigenvalue weighted by Crippen LogP contribution is 2.39. The highest BCUT2D eigenvalue weighted by atomic mass is 32.2. The van der Waals surface area contributed by atoms with Crippen LogP contribution in [0.15, 0.2) is 160 Å². The van der Waals surface area contributed by atoms with Crippen molar-refractivity contribution in [3.63, 3.8) is 0 Å². The summed E-state index contributed by atoms with van der Waals surface area (Å²) in [7, 11) is 1.53. The van der Waals surface area contributed by atoms with E-state index < -0.39 is 49.5 Å². The maximum absolute atomic E-state index is 13.8. The number of hydrogen-bond acceptors (Lipinski definition) is 18. The first-order valence-electron chi connectivity index (χ1n) is 23.7. The Morgan fingerprint density at radius 2 is 0.975 bits per heavy atom. The fourth-order valence-electron chi connectivity index (χ4n) is 7.79. The predicted octanol–water partition coefficient (Wildman–Crippen LogP) is 10.9. The van der Waals surface area contributed by atoms with Crippen LogP contribution in [0.25, 0.3) is 20.4 Å². The van der Waals surface area contributed by atoms with Gasteiger partial charge in [-0.05, 0) is 91.0 Å². The molecule has 23 heteroatoms. The zero-order chi connectivity index (χ0) is 56.4. The summed E-state index contributed by atoms with van der Waals surface area (Å²) in [6, 6.07) is 36.9. The minimum absolute atomic E-state index is 0.0642. The third-order valence-electron chi connectivity index (χ3n) is 11.9. The lowest BCUT2D eigenvalue weighted by Gasteiger charge is -2.21. The number of aromatic nitrogens is 2. The smallest absolute Gasteiger partial charge is 0.272 e. The van der Waals surface area contributed by atoms with Crippen molar-refractivity contribution in [3.05, 3.63) is 163 Å². The summed E-state index contributed by atoms with van der Waals surface area (Å²) in [6.07, 6.45) is -2.57. The molecular formula is C56H51FN4O14S4.